The number of aryl methyl sites for hydroxylation is 1. The van der Waals surface area contributed by atoms with E-state index < -0.39 is 11.6 Å². The lowest BCUT2D eigenvalue weighted by atomic mass is 9.85. The van der Waals surface area contributed by atoms with E-state index in [0.29, 0.717) is 13.0 Å². The van der Waals surface area contributed by atoms with E-state index in [1.165, 1.54) is 11.1 Å². The van der Waals surface area contributed by atoms with Crippen LogP contribution in [-0.4, -0.2) is 17.8 Å². The topological polar surface area (TPSA) is 58.6 Å². The number of amides is 1. The molecule has 1 atom stereocenters. The number of thiophene rings is 1. The monoisotopic (exact) mass is 303 g/mol. The highest BCUT2D eigenvalue weighted by Gasteiger charge is 2.35. The minimum absolute atomic E-state index is 0.510. The van der Waals surface area contributed by atoms with Gasteiger partial charge in [0.25, 0.3) is 0 Å². The van der Waals surface area contributed by atoms with Gasteiger partial charge in [0.2, 0.25) is 0 Å². The molecule has 2 heterocycles. The second-order valence-electron chi connectivity index (χ2n) is 5.54. The average molecular weight is 303 g/mol. The lowest BCUT2D eigenvalue weighted by Crippen LogP contribution is -2.46. The molecule has 1 unspecified atom stereocenters. The first kappa shape index (κ1) is 13.9. The van der Waals surface area contributed by atoms with Crippen molar-refractivity contribution in [2.24, 2.45) is 0 Å². The maximum absolute atomic E-state index is 11.0. The van der Waals surface area contributed by atoms with Gasteiger partial charge in [-0.3, -0.25) is 0 Å². The van der Waals surface area contributed by atoms with Crippen molar-refractivity contribution in [2.75, 3.05) is 6.61 Å². The van der Waals surface area contributed by atoms with E-state index in [-0.39, 0.29) is 0 Å². The molecular formula is C16H17NO3S. The first-order chi connectivity index (χ1) is 9.99. The number of nitrogens with one attached hydrogen (secondary N) is 1. The van der Waals surface area contributed by atoms with Gasteiger partial charge in [0.1, 0.15) is 5.75 Å². The lowest BCUT2D eigenvalue weighted by Gasteiger charge is -2.35. The summed E-state index contributed by atoms with van der Waals surface area (Å²) in [6, 6.07) is 6.01. The first-order valence-corrected chi connectivity index (χ1v) is 7.75. The maximum atomic E-state index is 11.0. The number of benzene rings is 1. The number of hydrogen-bond acceptors (Lipinski definition) is 3. The Bertz CT molecular complexity index is 695. The van der Waals surface area contributed by atoms with Gasteiger partial charge in [0.15, 0.2) is 0 Å². The van der Waals surface area contributed by atoms with Gasteiger partial charge in [0, 0.05) is 12.0 Å². The van der Waals surface area contributed by atoms with Crippen molar-refractivity contribution in [3.05, 3.63) is 40.1 Å². The molecule has 0 saturated heterocycles. The van der Waals surface area contributed by atoms with Gasteiger partial charge in [-0.05, 0) is 47.4 Å². The van der Waals surface area contributed by atoms with Crippen LogP contribution in [-0.2, 0) is 5.54 Å². The number of fused-ring (bicyclic) bond motifs is 1. The molecule has 0 aliphatic carbocycles. The Morgan fingerprint density at radius 1 is 1.43 bits per heavy atom. The minimum atomic E-state index is -1.01. The summed E-state index contributed by atoms with van der Waals surface area (Å²) < 4.78 is 5.75. The van der Waals surface area contributed by atoms with Crippen molar-refractivity contribution < 1.29 is 14.6 Å². The highest BCUT2D eigenvalue weighted by Crippen LogP contribution is 2.40. The second-order valence-corrected chi connectivity index (χ2v) is 6.28. The summed E-state index contributed by atoms with van der Waals surface area (Å²) in [5, 5.41) is 15.9. The van der Waals surface area contributed by atoms with Crippen molar-refractivity contribution in [1.29, 1.82) is 0 Å². The maximum Gasteiger partial charge on any atom is 0.405 e. The van der Waals surface area contributed by atoms with Gasteiger partial charge in [-0.15, -0.1) is 0 Å². The molecule has 5 heteroatoms. The summed E-state index contributed by atoms with van der Waals surface area (Å²) >= 11 is 1.68. The summed E-state index contributed by atoms with van der Waals surface area (Å²) in [7, 11) is 0. The lowest BCUT2D eigenvalue weighted by molar-refractivity contribution is 0.158. The molecule has 0 bridgehead atoms. The van der Waals surface area contributed by atoms with E-state index in [9.17, 15) is 4.79 Å². The molecule has 0 fully saturated rings. The van der Waals surface area contributed by atoms with Gasteiger partial charge in [-0.1, -0.05) is 12.1 Å². The van der Waals surface area contributed by atoms with Crippen LogP contribution in [0.4, 0.5) is 4.79 Å². The highest BCUT2D eigenvalue weighted by atomic mass is 32.1. The molecule has 110 valence electrons. The molecule has 1 aliphatic heterocycles. The molecule has 0 radical (unpaired) electrons. The standard InChI is InChI=1S/C16H17NO3S/c1-10-8-21-9-12(10)11-3-4-13-14(7-11)20-6-5-16(13,2)17-15(18)19/h3-4,7-9,17H,5-6H2,1-2H3,(H,18,19). The van der Waals surface area contributed by atoms with E-state index in [4.69, 9.17) is 9.84 Å². The summed E-state index contributed by atoms with van der Waals surface area (Å²) in [6.45, 7) is 4.50. The van der Waals surface area contributed by atoms with Crippen molar-refractivity contribution in [2.45, 2.75) is 25.8 Å². The third-order valence-electron chi connectivity index (χ3n) is 3.99. The molecule has 1 aliphatic rings. The Morgan fingerprint density at radius 2 is 2.24 bits per heavy atom. The number of rotatable bonds is 2. The van der Waals surface area contributed by atoms with Gasteiger partial charge in [-0.25, -0.2) is 4.79 Å². The Kier molecular flexibility index (Phi) is 3.37. The summed E-state index contributed by atoms with van der Waals surface area (Å²) in [5.41, 5.74) is 3.84. The third-order valence-corrected chi connectivity index (χ3v) is 4.85. The average Bonchev–Trinajstić information content (AvgIpc) is 2.83. The molecule has 3 rings (SSSR count). The zero-order valence-electron chi connectivity index (χ0n) is 12.0. The van der Waals surface area contributed by atoms with Crippen LogP contribution in [0.1, 0.15) is 24.5 Å². The zero-order valence-corrected chi connectivity index (χ0v) is 12.8. The second kappa shape index (κ2) is 5.07. The fourth-order valence-electron chi connectivity index (χ4n) is 2.79. The zero-order chi connectivity index (χ0) is 15.0. The fourth-order valence-corrected chi connectivity index (χ4v) is 3.64. The molecule has 2 N–H and O–H groups in total. The number of carboxylic acid groups (broad SMARTS) is 1. The van der Waals surface area contributed by atoms with Crippen LogP contribution in [0.15, 0.2) is 29.0 Å². The highest BCUT2D eigenvalue weighted by molar-refractivity contribution is 7.08. The van der Waals surface area contributed by atoms with Crippen LogP contribution < -0.4 is 10.1 Å². The third kappa shape index (κ3) is 2.49. The molecule has 21 heavy (non-hydrogen) atoms. The molecule has 4 nitrogen and oxygen atoms in total. The predicted molar refractivity (Wildman–Crippen MR) is 83.1 cm³/mol. The van der Waals surface area contributed by atoms with Crippen LogP contribution in [0.5, 0.6) is 5.75 Å². The van der Waals surface area contributed by atoms with E-state index in [1.807, 2.05) is 25.1 Å². The van der Waals surface area contributed by atoms with Gasteiger partial charge >= 0.3 is 6.09 Å². The van der Waals surface area contributed by atoms with E-state index in [1.54, 1.807) is 11.3 Å². The van der Waals surface area contributed by atoms with Crippen LogP contribution in [0.25, 0.3) is 11.1 Å². The molecular weight excluding hydrogens is 286 g/mol. The molecule has 2 aromatic rings. The van der Waals surface area contributed by atoms with E-state index >= 15 is 0 Å². The van der Waals surface area contributed by atoms with Crippen molar-refractivity contribution in [3.8, 4) is 16.9 Å². The van der Waals surface area contributed by atoms with E-state index in [0.717, 1.165) is 16.9 Å². The van der Waals surface area contributed by atoms with Crippen molar-refractivity contribution in [1.82, 2.24) is 5.32 Å². The minimum Gasteiger partial charge on any atom is -0.493 e. The Labute approximate surface area is 127 Å². The van der Waals surface area contributed by atoms with Gasteiger partial charge in [-0.2, -0.15) is 11.3 Å². The van der Waals surface area contributed by atoms with Gasteiger partial charge < -0.3 is 15.2 Å². The number of ether oxygens (including phenoxy) is 1. The van der Waals surface area contributed by atoms with Crippen LogP contribution in [0.2, 0.25) is 0 Å². The normalized spacial score (nSPS) is 20.5. The smallest absolute Gasteiger partial charge is 0.405 e. The Balaban J connectivity index is 2.03. The molecule has 0 spiro atoms. The van der Waals surface area contributed by atoms with Gasteiger partial charge in [0.05, 0.1) is 12.1 Å². The Hall–Kier alpha value is -2.01. The number of hydrogen-bond donors (Lipinski definition) is 2. The predicted octanol–water partition coefficient (Wildman–Crippen LogP) is 3.99. The summed E-state index contributed by atoms with van der Waals surface area (Å²) in [6.07, 6.45) is -0.383. The van der Waals surface area contributed by atoms with E-state index in [2.05, 4.69) is 23.0 Å². The summed E-state index contributed by atoms with van der Waals surface area (Å²) in [5.74, 6) is 0.764. The molecule has 0 saturated carbocycles. The first-order valence-electron chi connectivity index (χ1n) is 6.81. The SMILES string of the molecule is Cc1cscc1-c1ccc2c(c1)OCCC2(C)NC(=O)O. The van der Waals surface area contributed by atoms with Crippen molar-refractivity contribution >= 4 is 17.4 Å². The number of carbonyl (C=O) groups is 1. The fraction of sp³-hybridized carbons (Fsp3) is 0.312. The quantitative estimate of drug-likeness (QED) is 0.882. The Morgan fingerprint density at radius 3 is 2.90 bits per heavy atom. The molecule has 1 amide bonds. The van der Waals surface area contributed by atoms with Crippen LogP contribution in [0.3, 0.4) is 0 Å². The van der Waals surface area contributed by atoms with Crippen molar-refractivity contribution in [3.63, 3.8) is 0 Å². The molecule has 1 aromatic carbocycles. The summed E-state index contributed by atoms with van der Waals surface area (Å²) in [4.78, 5) is 11.0. The van der Waals surface area contributed by atoms with Crippen LogP contribution in [0, 0.1) is 6.92 Å². The molecule has 1 aromatic heterocycles. The van der Waals surface area contributed by atoms with Crippen LogP contribution >= 0.6 is 11.3 Å². The largest absolute Gasteiger partial charge is 0.493 e.